The van der Waals surface area contributed by atoms with Crippen LogP contribution in [-0.2, 0) is 12.8 Å². The van der Waals surface area contributed by atoms with E-state index in [1.807, 2.05) is 11.3 Å². The predicted octanol–water partition coefficient (Wildman–Crippen LogP) is 4.21. The molecule has 2 aliphatic carbocycles. The molecular weight excluding hydrogens is 276 g/mol. The maximum atomic E-state index is 4.96. The molecule has 1 saturated carbocycles. The van der Waals surface area contributed by atoms with Crippen molar-refractivity contribution in [3.05, 3.63) is 51.0 Å². The lowest BCUT2D eigenvalue weighted by Crippen LogP contribution is -2.23. The van der Waals surface area contributed by atoms with Gasteiger partial charge in [0.25, 0.3) is 0 Å². The second-order valence-electron chi connectivity index (χ2n) is 6.17. The Balaban J connectivity index is 1.73. The summed E-state index contributed by atoms with van der Waals surface area (Å²) in [6.07, 6.45) is 6.40. The molecule has 1 N–H and O–H groups in total. The zero-order chi connectivity index (χ0) is 14.2. The van der Waals surface area contributed by atoms with Gasteiger partial charge in [0.15, 0.2) is 0 Å². The van der Waals surface area contributed by atoms with Crippen molar-refractivity contribution in [2.24, 2.45) is 0 Å². The van der Waals surface area contributed by atoms with Crippen LogP contribution in [0.3, 0.4) is 0 Å². The smallest absolute Gasteiger partial charge is 0.115 e. The van der Waals surface area contributed by atoms with Crippen molar-refractivity contribution in [3.63, 3.8) is 0 Å². The second kappa shape index (κ2) is 5.54. The summed E-state index contributed by atoms with van der Waals surface area (Å²) < 4.78 is 0. The Kier molecular flexibility index (Phi) is 3.56. The third kappa shape index (κ3) is 2.53. The molecule has 0 aliphatic heterocycles. The maximum absolute atomic E-state index is 4.96. The number of nitrogens with zero attached hydrogens (tertiary/aromatic N) is 1. The first kappa shape index (κ1) is 13.5. The van der Waals surface area contributed by atoms with E-state index in [0.717, 1.165) is 12.5 Å². The van der Waals surface area contributed by atoms with Crippen molar-refractivity contribution in [1.29, 1.82) is 0 Å². The number of aryl methyl sites for hydroxylation is 2. The van der Waals surface area contributed by atoms with Gasteiger partial charge in [0.1, 0.15) is 5.01 Å². The molecular formula is C18H22N2S. The molecule has 1 unspecified atom stereocenters. The summed E-state index contributed by atoms with van der Waals surface area (Å²) in [6, 6.07) is 9.25. The number of fused-ring (bicyclic) bond motifs is 1. The van der Waals surface area contributed by atoms with Crippen molar-refractivity contribution in [2.75, 3.05) is 6.54 Å². The molecule has 1 heterocycles. The van der Waals surface area contributed by atoms with E-state index in [0.29, 0.717) is 0 Å². The summed E-state index contributed by atoms with van der Waals surface area (Å²) >= 11 is 1.93. The minimum atomic E-state index is 0.280. The van der Waals surface area contributed by atoms with Crippen molar-refractivity contribution in [3.8, 4) is 0 Å². The molecule has 2 aromatic rings. The lowest BCUT2D eigenvalue weighted by atomic mass is 9.97. The van der Waals surface area contributed by atoms with Gasteiger partial charge in [-0.3, -0.25) is 0 Å². The Labute approximate surface area is 130 Å². The summed E-state index contributed by atoms with van der Waals surface area (Å²) in [6.45, 7) is 3.17. The van der Waals surface area contributed by atoms with E-state index < -0.39 is 0 Å². The third-order valence-electron chi connectivity index (χ3n) is 4.59. The summed E-state index contributed by atoms with van der Waals surface area (Å²) in [5.41, 5.74) is 4.36. The van der Waals surface area contributed by atoms with Crippen LogP contribution in [0.5, 0.6) is 0 Å². The monoisotopic (exact) mass is 298 g/mol. The van der Waals surface area contributed by atoms with Gasteiger partial charge in [-0.25, -0.2) is 4.98 Å². The Morgan fingerprint density at radius 2 is 2.14 bits per heavy atom. The molecule has 0 amide bonds. The summed E-state index contributed by atoms with van der Waals surface area (Å²) in [7, 11) is 0. The predicted molar refractivity (Wildman–Crippen MR) is 88.1 cm³/mol. The number of thiazole rings is 1. The van der Waals surface area contributed by atoms with Gasteiger partial charge in [-0.15, -0.1) is 11.3 Å². The largest absolute Gasteiger partial charge is 0.305 e. The Morgan fingerprint density at radius 1 is 1.29 bits per heavy atom. The van der Waals surface area contributed by atoms with Crippen molar-refractivity contribution < 1.29 is 0 Å². The first-order chi connectivity index (χ1) is 10.4. The van der Waals surface area contributed by atoms with Gasteiger partial charge in [-0.1, -0.05) is 31.2 Å². The van der Waals surface area contributed by atoms with E-state index >= 15 is 0 Å². The van der Waals surface area contributed by atoms with Gasteiger partial charge < -0.3 is 5.32 Å². The van der Waals surface area contributed by atoms with Gasteiger partial charge in [0, 0.05) is 4.88 Å². The number of hydrogen-bond donors (Lipinski definition) is 1. The molecule has 1 fully saturated rings. The first-order valence-electron chi connectivity index (χ1n) is 8.17. The van der Waals surface area contributed by atoms with Crippen LogP contribution < -0.4 is 5.32 Å². The molecule has 1 aromatic heterocycles. The first-order valence-corrected chi connectivity index (χ1v) is 8.99. The van der Waals surface area contributed by atoms with Crippen LogP contribution in [0.15, 0.2) is 24.3 Å². The Hall–Kier alpha value is -1.19. The molecule has 110 valence electrons. The highest BCUT2D eigenvalue weighted by atomic mass is 32.1. The summed E-state index contributed by atoms with van der Waals surface area (Å²) in [5.74, 6) is 0.786. The van der Waals surface area contributed by atoms with Gasteiger partial charge in [0.2, 0.25) is 0 Å². The van der Waals surface area contributed by atoms with Crippen LogP contribution in [-0.4, -0.2) is 11.5 Å². The standard InChI is InChI=1S/C18H22N2S/c1-2-19-17(18-20-15-8-5-9-16(15)21-18)14-7-4-3-6-13(14)12-10-11-12/h3-4,6-7,12,17,19H,2,5,8-11H2,1H3. The van der Waals surface area contributed by atoms with Crippen LogP contribution in [0.4, 0.5) is 0 Å². The van der Waals surface area contributed by atoms with E-state index in [2.05, 4.69) is 36.5 Å². The second-order valence-corrected chi connectivity index (χ2v) is 7.28. The van der Waals surface area contributed by atoms with Crippen LogP contribution >= 0.6 is 11.3 Å². The quantitative estimate of drug-likeness (QED) is 0.894. The van der Waals surface area contributed by atoms with Crippen LogP contribution in [0.1, 0.15) is 64.9 Å². The highest BCUT2D eigenvalue weighted by Crippen LogP contribution is 2.44. The molecule has 3 heteroatoms. The highest BCUT2D eigenvalue weighted by molar-refractivity contribution is 7.11. The van der Waals surface area contributed by atoms with E-state index in [4.69, 9.17) is 4.98 Å². The number of benzene rings is 1. The van der Waals surface area contributed by atoms with Gasteiger partial charge in [0.05, 0.1) is 11.7 Å². The maximum Gasteiger partial charge on any atom is 0.115 e. The van der Waals surface area contributed by atoms with Crippen molar-refractivity contribution in [2.45, 2.75) is 51.0 Å². The molecule has 21 heavy (non-hydrogen) atoms. The van der Waals surface area contributed by atoms with Crippen LogP contribution in [0.25, 0.3) is 0 Å². The van der Waals surface area contributed by atoms with Gasteiger partial charge in [-0.2, -0.15) is 0 Å². The minimum Gasteiger partial charge on any atom is -0.305 e. The summed E-state index contributed by atoms with van der Waals surface area (Å²) in [4.78, 5) is 6.49. The Morgan fingerprint density at radius 3 is 2.90 bits per heavy atom. The molecule has 0 saturated heterocycles. The van der Waals surface area contributed by atoms with E-state index in [-0.39, 0.29) is 6.04 Å². The fourth-order valence-electron chi connectivity index (χ4n) is 3.41. The minimum absolute atomic E-state index is 0.280. The molecule has 4 rings (SSSR count). The van der Waals surface area contributed by atoms with Crippen molar-refractivity contribution in [1.82, 2.24) is 10.3 Å². The lowest BCUT2D eigenvalue weighted by molar-refractivity contribution is 0.619. The fourth-order valence-corrected chi connectivity index (χ4v) is 4.66. The average Bonchev–Trinajstić information content (AvgIpc) is 3.13. The van der Waals surface area contributed by atoms with Crippen LogP contribution in [0.2, 0.25) is 0 Å². The van der Waals surface area contributed by atoms with Gasteiger partial charge >= 0.3 is 0 Å². The lowest BCUT2D eigenvalue weighted by Gasteiger charge is -2.19. The molecule has 0 radical (unpaired) electrons. The average molecular weight is 298 g/mol. The summed E-state index contributed by atoms with van der Waals surface area (Å²) in [5, 5.41) is 4.95. The zero-order valence-corrected chi connectivity index (χ0v) is 13.4. The van der Waals surface area contributed by atoms with E-state index in [9.17, 15) is 0 Å². The topological polar surface area (TPSA) is 24.9 Å². The molecule has 0 spiro atoms. The molecule has 0 bridgehead atoms. The normalized spacial score (nSPS) is 18.7. The number of nitrogens with one attached hydrogen (secondary N) is 1. The van der Waals surface area contributed by atoms with E-state index in [1.165, 1.54) is 53.2 Å². The third-order valence-corrected chi connectivity index (χ3v) is 5.81. The Bertz CT molecular complexity index is 621. The van der Waals surface area contributed by atoms with Crippen molar-refractivity contribution >= 4 is 11.3 Å². The van der Waals surface area contributed by atoms with Crippen LogP contribution in [0, 0.1) is 0 Å². The molecule has 2 nitrogen and oxygen atoms in total. The zero-order valence-electron chi connectivity index (χ0n) is 12.6. The fraction of sp³-hybridized carbons (Fsp3) is 0.500. The number of aromatic nitrogens is 1. The molecule has 2 aliphatic rings. The SMILES string of the molecule is CCNC(c1nc2c(s1)CCC2)c1ccccc1C1CC1. The molecule has 1 atom stereocenters. The number of hydrogen-bond acceptors (Lipinski definition) is 3. The number of rotatable bonds is 5. The van der Waals surface area contributed by atoms with Gasteiger partial charge in [-0.05, 0) is 55.7 Å². The van der Waals surface area contributed by atoms with E-state index in [1.54, 1.807) is 5.56 Å². The highest BCUT2D eigenvalue weighted by Gasteiger charge is 2.30. The molecule has 1 aromatic carbocycles.